The van der Waals surface area contributed by atoms with Crippen LogP contribution in [0.1, 0.15) is 31.2 Å². The predicted octanol–water partition coefficient (Wildman–Crippen LogP) is 7.40. The van der Waals surface area contributed by atoms with Crippen LogP contribution in [0, 0.1) is 23.3 Å². The Morgan fingerprint density at radius 2 is 1.40 bits per heavy atom. The highest BCUT2D eigenvalue weighted by molar-refractivity contribution is 5.71. The van der Waals surface area contributed by atoms with Crippen molar-refractivity contribution in [2.45, 2.75) is 32.0 Å². The van der Waals surface area contributed by atoms with Crippen LogP contribution in [0.4, 0.5) is 17.6 Å². The summed E-state index contributed by atoms with van der Waals surface area (Å²) >= 11 is 0. The highest BCUT2D eigenvalue weighted by Crippen LogP contribution is 2.34. The van der Waals surface area contributed by atoms with Crippen LogP contribution < -0.4 is 4.74 Å². The topological polar surface area (TPSA) is 27.7 Å². The van der Waals surface area contributed by atoms with Gasteiger partial charge < -0.3 is 14.2 Å². The molecule has 0 bridgehead atoms. The van der Waals surface area contributed by atoms with Gasteiger partial charge in [-0.25, -0.2) is 13.2 Å². The zero-order valence-corrected chi connectivity index (χ0v) is 19.3. The van der Waals surface area contributed by atoms with Crippen LogP contribution in [0.5, 0.6) is 5.75 Å². The van der Waals surface area contributed by atoms with Gasteiger partial charge in [0, 0.05) is 23.5 Å². The normalized spacial score (nSPS) is 17.9. The first-order valence-corrected chi connectivity index (χ1v) is 11.5. The molecule has 0 aromatic heterocycles. The molecule has 0 N–H and O–H groups in total. The Labute approximate surface area is 202 Å². The van der Waals surface area contributed by atoms with Crippen molar-refractivity contribution < 1.29 is 31.8 Å². The molecular formula is C28H26F4O3. The van der Waals surface area contributed by atoms with Crippen molar-refractivity contribution in [1.29, 1.82) is 0 Å². The number of halogens is 4. The molecule has 0 unspecified atom stereocenters. The van der Waals surface area contributed by atoms with Crippen LogP contribution in [0.25, 0.3) is 22.3 Å². The van der Waals surface area contributed by atoms with E-state index in [1.165, 1.54) is 48.5 Å². The molecule has 35 heavy (non-hydrogen) atoms. The van der Waals surface area contributed by atoms with Gasteiger partial charge in [-0.2, -0.15) is 4.39 Å². The van der Waals surface area contributed by atoms with Gasteiger partial charge in [0.05, 0.1) is 19.8 Å². The maximum Gasteiger partial charge on any atom is 0.201 e. The van der Waals surface area contributed by atoms with Crippen molar-refractivity contribution in [3.05, 3.63) is 90.0 Å². The number of benzene rings is 3. The molecule has 0 atom stereocenters. The van der Waals surface area contributed by atoms with Gasteiger partial charge in [0.1, 0.15) is 0 Å². The highest BCUT2D eigenvalue weighted by Gasteiger charge is 2.27. The number of rotatable bonds is 8. The second-order valence-electron chi connectivity index (χ2n) is 8.24. The van der Waals surface area contributed by atoms with E-state index < -0.39 is 29.2 Å². The van der Waals surface area contributed by atoms with Crippen molar-refractivity contribution in [3.8, 4) is 28.0 Å². The van der Waals surface area contributed by atoms with Gasteiger partial charge >= 0.3 is 0 Å². The molecule has 1 heterocycles. The van der Waals surface area contributed by atoms with Gasteiger partial charge in [0.2, 0.25) is 5.82 Å². The summed E-state index contributed by atoms with van der Waals surface area (Å²) in [4.78, 5) is 0. The van der Waals surface area contributed by atoms with Gasteiger partial charge in [-0.1, -0.05) is 42.5 Å². The van der Waals surface area contributed by atoms with E-state index in [2.05, 4.69) is 6.58 Å². The third-order valence-electron chi connectivity index (χ3n) is 5.98. The molecule has 0 saturated carbocycles. The third kappa shape index (κ3) is 5.26. The first-order valence-electron chi connectivity index (χ1n) is 11.5. The fraction of sp³-hybridized carbons (Fsp3) is 0.286. The van der Waals surface area contributed by atoms with Gasteiger partial charge in [0.25, 0.3) is 0 Å². The Balaban J connectivity index is 1.53. The summed E-state index contributed by atoms with van der Waals surface area (Å²) in [5.74, 6) is -4.62. The lowest BCUT2D eigenvalue weighted by molar-refractivity contribution is -0.189. The lowest BCUT2D eigenvalue weighted by atomic mass is 9.94. The second-order valence-corrected chi connectivity index (χ2v) is 8.24. The number of hydrogen-bond acceptors (Lipinski definition) is 3. The molecule has 3 aromatic rings. The van der Waals surface area contributed by atoms with Gasteiger partial charge in [-0.15, -0.1) is 6.58 Å². The molecule has 4 rings (SSSR count). The molecule has 1 aliphatic rings. The summed E-state index contributed by atoms with van der Waals surface area (Å²) in [7, 11) is 0. The molecule has 3 nitrogen and oxygen atoms in total. The van der Waals surface area contributed by atoms with Crippen LogP contribution in [0.3, 0.4) is 0 Å². The summed E-state index contributed by atoms with van der Waals surface area (Å²) in [6, 6.07) is 12.0. The Morgan fingerprint density at radius 3 is 1.97 bits per heavy atom. The zero-order chi connectivity index (χ0) is 24.9. The molecule has 0 spiro atoms. The van der Waals surface area contributed by atoms with Crippen LogP contribution in [0.15, 0.2) is 61.2 Å². The van der Waals surface area contributed by atoms with Crippen molar-refractivity contribution in [2.75, 3.05) is 19.8 Å². The van der Waals surface area contributed by atoms with Gasteiger partial charge in [-0.05, 0) is 42.2 Å². The number of allylic oxidation sites excluding steroid dienone is 1. The quantitative estimate of drug-likeness (QED) is 0.245. The predicted molar refractivity (Wildman–Crippen MR) is 126 cm³/mol. The fourth-order valence-electron chi connectivity index (χ4n) is 4.10. The van der Waals surface area contributed by atoms with E-state index in [-0.39, 0.29) is 48.6 Å². The monoisotopic (exact) mass is 486 g/mol. The molecule has 7 heteroatoms. The maximum atomic E-state index is 15.0. The second kappa shape index (κ2) is 11.1. The van der Waals surface area contributed by atoms with E-state index in [0.29, 0.717) is 17.5 Å². The van der Waals surface area contributed by atoms with E-state index in [4.69, 9.17) is 14.2 Å². The zero-order valence-electron chi connectivity index (χ0n) is 19.3. The summed E-state index contributed by atoms with van der Waals surface area (Å²) < 4.78 is 75.1. The first kappa shape index (κ1) is 24.9. The molecule has 0 aliphatic carbocycles. The van der Waals surface area contributed by atoms with Crippen LogP contribution in [0.2, 0.25) is 0 Å². The minimum absolute atomic E-state index is 0.0446. The van der Waals surface area contributed by atoms with Crippen LogP contribution >= 0.6 is 0 Å². The molecular weight excluding hydrogens is 460 g/mol. The van der Waals surface area contributed by atoms with Crippen molar-refractivity contribution >= 4 is 0 Å². The van der Waals surface area contributed by atoms with Crippen LogP contribution in [-0.2, 0) is 9.47 Å². The van der Waals surface area contributed by atoms with Gasteiger partial charge in [0.15, 0.2) is 29.5 Å². The molecule has 3 aromatic carbocycles. The van der Waals surface area contributed by atoms with E-state index >= 15 is 4.39 Å². The first-order chi connectivity index (χ1) is 16.9. The molecule has 0 radical (unpaired) electrons. The molecule has 1 saturated heterocycles. The smallest absolute Gasteiger partial charge is 0.201 e. The average Bonchev–Trinajstić information content (AvgIpc) is 2.88. The average molecular weight is 487 g/mol. The Bertz CT molecular complexity index is 1190. The lowest BCUT2D eigenvalue weighted by Gasteiger charge is -2.30. The van der Waals surface area contributed by atoms with E-state index in [9.17, 15) is 13.2 Å². The third-order valence-corrected chi connectivity index (χ3v) is 5.98. The highest BCUT2D eigenvalue weighted by atomic mass is 19.2. The number of ether oxygens (including phenoxy) is 3. The minimum atomic E-state index is -1.07. The molecule has 1 aliphatic heterocycles. The largest absolute Gasteiger partial charge is 0.491 e. The van der Waals surface area contributed by atoms with Crippen molar-refractivity contribution in [2.24, 2.45) is 0 Å². The summed E-state index contributed by atoms with van der Waals surface area (Å²) in [6.07, 6.45) is 2.80. The Hall–Kier alpha value is -3.16. The molecule has 1 fully saturated rings. The van der Waals surface area contributed by atoms with Crippen molar-refractivity contribution in [3.63, 3.8) is 0 Å². The SMILES string of the molecule is C=CCCC1OCC(c2ccc(-c3ccc(-c4ccc(OCC)c(F)c4F)cc3)c(F)c2F)CO1. The van der Waals surface area contributed by atoms with E-state index in [1.807, 2.05) is 0 Å². The fourth-order valence-corrected chi connectivity index (χ4v) is 4.10. The number of hydrogen-bond donors (Lipinski definition) is 0. The van der Waals surface area contributed by atoms with E-state index in [0.717, 1.165) is 6.42 Å². The molecule has 0 amide bonds. The maximum absolute atomic E-state index is 15.0. The van der Waals surface area contributed by atoms with E-state index in [1.54, 1.807) is 13.0 Å². The van der Waals surface area contributed by atoms with Crippen molar-refractivity contribution in [1.82, 2.24) is 0 Å². The van der Waals surface area contributed by atoms with Crippen LogP contribution in [-0.4, -0.2) is 26.1 Å². The standard InChI is InChI=1S/C28H26F4O3/c1-3-5-6-24-34-15-19(16-35-24)22-12-11-20(25(29)26(22)30)17-7-9-18(10-8-17)21-13-14-23(33-4-2)28(32)27(21)31/h3,7-14,19,24H,1,4-6,15-16H2,2H3. The lowest BCUT2D eigenvalue weighted by Crippen LogP contribution is -2.31. The molecule has 184 valence electrons. The minimum Gasteiger partial charge on any atom is -0.491 e. The Kier molecular flexibility index (Phi) is 7.88. The summed E-state index contributed by atoms with van der Waals surface area (Å²) in [5, 5.41) is 0. The summed E-state index contributed by atoms with van der Waals surface area (Å²) in [5.41, 5.74) is 1.11. The van der Waals surface area contributed by atoms with Gasteiger partial charge in [-0.3, -0.25) is 0 Å². The summed E-state index contributed by atoms with van der Waals surface area (Å²) in [6.45, 7) is 6.01. The Morgan fingerprint density at radius 1 is 0.829 bits per heavy atom.